The highest BCUT2D eigenvalue weighted by atomic mass is 32.1. The Labute approximate surface area is 165 Å². The lowest BCUT2D eigenvalue weighted by Crippen LogP contribution is -2.27. The summed E-state index contributed by atoms with van der Waals surface area (Å²) in [6, 6.07) is 7.03. The van der Waals surface area contributed by atoms with E-state index < -0.39 is 17.3 Å². The summed E-state index contributed by atoms with van der Waals surface area (Å²) in [7, 11) is 0. The van der Waals surface area contributed by atoms with Crippen molar-refractivity contribution in [2.75, 3.05) is 11.9 Å². The topological polar surface area (TPSA) is 90.3 Å². The third kappa shape index (κ3) is 3.43. The summed E-state index contributed by atoms with van der Waals surface area (Å²) < 4.78 is 6.72. The normalized spacial score (nSPS) is 10.9. The molecule has 28 heavy (non-hydrogen) atoms. The zero-order chi connectivity index (χ0) is 20.4. The second-order valence-corrected chi connectivity index (χ2v) is 7.40. The SMILES string of the molecule is CCOC(=O)c1c(NC(=O)c2nn(CC)c3ccccc3c2=O)sc(C)c1C. The number of carbonyl (C=O) groups is 2. The number of nitrogens with one attached hydrogen (secondary N) is 1. The van der Waals surface area contributed by atoms with E-state index in [0.717, 1.165) is 10.4 Å². The Balaban J connectivity index is 2.06. The van der Waals surface area contributed by atoms with Gasteiger partial charge in [-0.05, 0) is 45.4 Å². The van der Waals surface area contributed by atoms with Crippen molar-refractivity contribution in [2.45, 2.75) is 34.2 Å². The van der Waals surface area contributed by atoms with Gasteiger partial charge in [0, 0.05) is 16.8 Å². The first-order valence-corrected chi connectivity index (χ1v) is 9.78. The fourth-order valence-corrected chi connectivity index (χ4v) is 4.00. The molecule has 2 aromatic heterocycles. The number of esters is 1. The Kier molecular flexibility index (Phi) is 5.60. The van der Waals surface area contributed by atoms with Gasteiger partial charge in [0.1, 0.15) is 5.00 Å². The molecular weight excluding hydrogens is 378 g/mol. The van der Waals surface area contributed by atoms with E-state index in [1.807, 2.05) is 19.9 Å². The second kappa shape index (κ2) is 7.93. The van der Waals surface area contributed by atoms with E-state index in [-0.39, 0.29) is 12.3 Å². The first-order valence-electron chi connectivity index (χ1n) is 8.97. The van der Waals surface area contributed by atoms with Crippen molar-refractivity contribution in [1.82, 2.24) is 9.78 Å². The number of amides is 1. The molecule has 0 saturated carbocycles. The lowest BCUT2D eigenvalue weighted by atomic mass is 10.1. The third-order valence-electron chi connectivity index (χ3n) is 4.47. The summed E-state index contributed by atoms with van der Waals surface area (Å²) >= 11 is 1.27. The number of aromatic nitrogens is 2. The summed E-state index contributed by atoms with van der Waals surface area (Å²) in [4.78, 5) is 38.9. The molecule has 0 aliphatic heterocycles. The molecule has 0 aliphatic rings. The van der Waals surface area contributed by atoms with Crippen molar-refractivity contribution in [1.29, 1.82) is 0 Å². The minimum atomic E-state index is -0.648. The number of hydrogen-bond acceptors (Lipinski definition) is 6. The molecule has 0 fully saturated rings. The highest BCUT2D eigenvalue weighted by Crippen LogP contribution is 2.33. The van der Waals surface area contributed by atoms with E-state index in [1.54, 1.807) is 36.7 Å². The number of anilines is 1. The minimum Gasteiger partial charge on any atom is -0.462 e. The van der Waals surface area contributed by atoms with Crippen molar-refractivity contribution in [3.05, 3.63) is 56.2 Å². The average molecular weight is 399 g/mol. The Hall–Kier alpha value is -3.00. The monoisotopic (exact) mass is 399 g/mol. The molecule has 2 heterocycles. The molecule has 0 radical (unpaired) electrons. The molecule has 0 spiro atoms. The lowest BCUT2D eigenvalue weighted by molar-refractivity contribution is 0.0527. The number of nitrogens with zero attached hydrogens (tertiary/aromatic N) is 2. The molecule has 7 nitrogen and oxygen atoms in total. The zero-order valence-corrected chi connectivity index (χ0v) is 17.0. The van der Waals surface area contributed by atoms with Crippen LogP contribution in [0.2, 0.25) is 0 Å². The van der Waals surface area contributed by atoms with Crippen molar-refractivity contribution >= 4 is 39.1 Å². The number of rotatable bonds is 5. The first kappa shape index (κ1) is 19.8. The van der Waals surface area contributed by atoms with Crippen LogP contribution in [-0.4, -0.2) is 28.3 Å². The van der Waals surface area contributed by atoms with Gasteiger partial charge in [-0.3, -0.25) is 14.3 Å². The van der Waals surface area contributed by atoms with Gasteiger partial charge in [0.15, 0.2) is 5.69 Å². The Morgan fingerprint density at radius 2 is 1.93 bits per heavy atom. The van der Waals surface area contributed by atoms with E-state index >= 15 is 0 Å². The van der Waals surface area contributed by atoms with E-state index in [1.165, 1.54) is 11.3 Å². The quantitative estimate of drug-likeness (QED) is 0.663. The second-order valence-electron chi connectivity index (χ2n) is 6.17. The number of fused-ring (bicyclic) bond motifs is 1. The van der Waals surface area contributed by atoms with Gasteiger partial charge < -0.3 is 10.1 Å². The standard InChI is InChI=1S/C20H21N3O4S/c1-5-23-14-10-8-7-9-13(14)17(24)16(22-23)18(25)21-19-15(20(26)27-6-2)11(3)12(4)28-19/h7-10H,5-6H2,1-4H3,(H,21,25). The van der Waals surface area contributed by atoms with E-state index in [4.69, 9.17) is 4.74 Å². The molecule has 3 aromatic rings. The highest BCUT2D eigenvalue weighted by Gasteiger charge is 2.24. The van der Waals surface area contributed by atoms with Crippen LogP contribution in [0.5, 0.6) is 0 Å². The molecule has 0 saturated heterocycles. The smallest absolute Gasteiger partial charge is 0.341 e. The number of ether oxygens (including phenoxy) is 1. The molecule has 3 rings (SSSR count). The number of carbonyl (C=O) groups excluding carboxylic acids is 2. The van der Waals surface area contributed by atoms with E-state index in [0.29, 0.717) is 28.0 Å². The predicted molar refractivity (Wildman–Crippen MR) is 109 cm³/mol. The highest BCUT2D eigenvalue weighted by molar-refractivity contribution is 7.16. The lowest BCUT2D eigenvalue weighted by Gasteiger charge is -2.10. The maximum atomic E-state index is 12.9. The number of hydrogen-bond donors (Lipinski definition) is 1. The van der Waals surface area contributed by atoms with Crippen LogP contribution >= 0.6 is 11.3 Å². The zero-order valence-electron chi connectivity index (χ0n) is 16.2. The molecule has 1 amide bonds. The van der Waals surface area contributed by atoms with Crippen LogP contribution < -0.4 is 10.7 Å². The maximum Gasteiger partial charge on any atom is 0.341 e. The molecule has 146 valence electrons. The van der Waals surface area contributed by atoms with Crippen LogP contribution in [0, 0.1) is 13.8 Å². The van der Waals surface area contributed by atoms with Crippen molar-refractivity contribution in [3.8, 4) is 0 Å². The molecule has 0 aliphatic carbocycles. The molecular formula is C20H21N3O4S. The predicted octanol–water partition coefficient (Wildman–Crippen LogP) is 3.52. The van der Waals surface area contributed by atoms with Gasteiger partial charge in [-0.15, -0.1) is 11.3 Å². The van der Waals surface area contributed by atoms with Crippen molar-refractivity contribution in [3.63, 3.8) is 0 Å². The average Bonchev–Trinajstić information content (AvgIpc) is 2.95. The largest absolute Gasteiger partial charge is 0.462 e. The molecule has 0 bridgehead atoms. The van der Waals surface area contributed by atoms with Gasteiger partial charge in [0.25, 0.3) is 5.91 Å². The van der Waals surface area contributed by atoms with Gasteiger partial charge in [0.2, 0.25) is 5.43 Å². The van der Waals surface area contributed by atoms with Crippen LogP contribution in [0.15, 0.2) is 29.1 Å². The molecule has 0 unspecified atom stereocenters. The Morgan fingerprint density at radius 1 is 1.21 bits per heavy atom. The van der Waals surface area contributed by atoms with E-state index in [2.05, 4.69) is 10.4 Å². The molecule has 8 heteroatoms. The molecule has 1 aromatic carbocycles. The summed E-state index contributed by atoms with van der Waals surface area (Å²) in [5.41, 5.74) is 1.08. The summed E-state index contributed by atoms with van der Waals surface area (Å²) in [6.07, 6.45) is 0. The number of aryl methyl sites for hydroxylation is 2. The van der Waals surface area contributed by atoms with Gasteiger partial charge in [-0.25, -0.2) is 4.79 Å². The molecule has 0 atom stereocenters. The van der Waals surface area contributed by atoms with Gasteiger partial charge in [0.05, 0.1) is 17.7 Å². The van der Waals surface area contributed by atoms with Crippen LogP contribution in [0.4, 0.5) is 5.00 Å². The van der Waals surface area contributed by atoms with Gasteiger partial charge >= 0.3 is 5.97 Å². The molecule has 1 N–H and O–H groups in total. The minimum absolute atomic E-state index is 0.209. The number of para-hydroxylation sites is 1. The number of benzene rings is 1. The maximum absolute atomic E-state index is 12.9. The summed E-state index contributed by atoms with van der Waals surface area (Å²) in [5, 5.41) is 7.71. The van der Waals surface area contributed by atoms with Gasteiger partial charge in [-0.2, -0.15) is 5.10 Å². The third-order valence-corrected chi connectivity index (χ3v) is 5.59. The van der Waals surface area contributed by atoms with Crippen LogP contribution in [0.1, 0.15) is 45.1 Å². The Morgan fingerprint density at radius 3 is 2.61 bits per heavy atom. The summed E-state index contributed by atoms with van der Waals surface area (Å²) in [6.45, 7) is 8.00. The van der Waals surface area contributed by atoms with Crippen LogP contribution in [0.25, 0.3) is 10.9 Å². The first-order chi connectivity index (χ1) is 13.4. The Bertz CT molecular complexity index is 1130. The van der Waals surface area contributed by atoms with Crippen molar-refractivity contribution < 1.29 is 14.3 Å². The number of thiophene rings is 1. The summed E-state index contributed by atoms with van der Waals surface area (Å²) in [5.74, 6) is -1.15. The van der Waals surface area contributed by atoms with Crippen molar-refractivity contribution in [2.24, 2.45) is 0 Å². The fourth-order valence-electron chi connectivity index (χ4n) is 2.95. The van der Waals surface area contributed by atoms with Gasteiger partial charge in [-0.1, -0.05) is 12.1 Å². The van der Waals surface area contributed by atoms with Crippen LogP contribution in [0.3, 0.4) is 0 Å². The van der Waals surface area contributed by atoms with Crippen LogP contribution in [-0.2, 0) is 11.3 Å². The van der Waals surface area contributed by atoms with E-state index in [9.17, 15) is 14.4 Å². The fraction of sp³-hybridized carbons (Fsp3) is 0.300.